The fraction of sp³-hybridized carbons (Fsp3) is 0.294. The molecule has 2 heterocycles. The van der Waals surface area contributed by atoms with Crippen LogP contribution in [0.1, 0.15) is 25.0 Å². The molecule has 3 rings (SSSR count). The topological polar surface area (TPSA) is 105 Å². The first kappa shape index (κ1) is 19.3. The summed E-state index contributed by atoms with van der Waals surface area (Å²) in [4.78, 5) is 19.1. The van der Waals surface area contributed by atoms with Gasteiger partial charge in [0.25, 0.3) is 0 Å². The molecule has 3 aromatic rings. The van der Waals surface area contributed by atoms with Crippen molar-refractivity contribution in [3.8, 4) is 17.6 Å². The summed E-state index contributed by atoms with van der Waals surface area (Å²) in [6.45, 7) is 4.89. The number of fused-ring (bicyclic) bond motifs is 1. The summed E-state index contributed by atoms with van der Waals surface area (Å²) in [6, 6.07) is 5.76. The van der Waals surface area contributed by atoms with Crippen molar-refractivity contribution in [2.75, 3.05) is 13.2 Å². The molecule has 0 amide bonds. The Morgan fingerprint density at radius 1 is 1.30 bits per heavy atom. The number of H-pyrrole nitrogens is 1. The standard InChI is InChI=1S/C17H16BrN5O3S/c1-3-25-13-5-10(12(18)6-14(13)26-4-2)9-27-16-21-15-11(7-19)8-20-23(15)17(24)22-16/h5-6,8H,3-4,9H2,1-2H3,(H,21,22,24). The molecule has 0 aliphatic carbocycles. The number of nitrogens with zero attached hydrogens (tertiary/aromatic N) is 4. The fourth-order valence-electron chi connectivity index (χ4n) is 2.38. The average molecular weight is 450 g/mol. The van der Waals surface area contributed by atoms with E-state index in [0.29, 0.717) is 35.6 Å². The highest BCUT2D eigenvalue weighted by Crippen LogP contribution is 2.36. The molecule has 1 N–H and O–H groups in total. The van der Waals surface area contributed by atoms with Gasteiger partial charge in [0.05, 0.1) is 19.4 Å². The second kappa shape index (κ2) is 8.45. The van der Waals surface area contributed by atoms with Crippen LogP contribution in [-0.4, -0.2) is 32.8 Å². The van der Waals surface area contributed by atoms with Gasteiger partial charge in [0.2, 0.25) is 0 Å². The molecular formula is C17H16BrN5O3S. The van der Waals surface area contributed by atoms with Gasteiger partial charge in [-0.1, -0.05) is 27.7 Å². The number of hydrogen-bond acceptors (Lipinski definition) is 7. The highest BCUT2D eigenvalue weighted by atomic mass is 79.9. The largest absolute Gasteiger partial charge is 0.490 e. The Morgan fingerprint density at radius 2 is 2.00 bits per heavy atom. The number of ether oxygens (including phenoxy) is 2. The van der Waals surface area contributed by atoms with Crippen LogP contribution in [0.5, 0.6) is 11.5 Å². The van der Waals surface area contributed by atoms with Gasteiger partial charge < -0.3 is 9.47 Å². The van der Waals surface area contributed by atoms with Crippen LogP contribution in [0.15, 0.2) is 32.8 Å². The van der Waals surface area contributed by atoms with E-state index in [2.05, 4.69) is 31.0 Å². The molecule has 27 heavy (non-hydrogen) atoms. The van der Waals surface area contributed by atoms with Gasteiger partial charge in [-0.05, 0) is 31.5 Å². The second-order valence-electron chi connectivity index (χ2n) is 5.30. The van der Waals surface area contributed by atoms with Crippen LogP contribution in [0.2, 0.25) is 0 Å². The van der Waals surface area contributed by atoms with Crippen LogP contribution in [-0.2, 0) is 5.75 Å². The van der Waals surface area contributed by atoms with Crippen molar-refractivity contribution in [3.05, 3.63) is 44.4 Å². The molecule has 0 spiro atoms. The van der Waals surface area contributed by atoms with Gasteiger partial charge in [-0.3, -0.25) is 4.98 Å². The van der Waals surface area contributed by atoms with E-state index in [1.54, 1.807) is 0 Å². The number of halogens is 1. The lowest BCUT2D eigenvalue weighted by Gasteiger charge is -2.14. The molecule has 140 valence electrons. The van der Waals surface area contributed by atoms with Crippen molar-refractivity contribution in [3.63, 3.8) is 0 Å². The zero-order valence-electron chi connectivity index (χ0n) is 14.7. The number of nitriles is 1. The number of aromatic nitrogens is 4. The maximum atomic E-state index is 12.1. The van der Waals surface area contributed by atoms with Gasteiger partial charge in [0, 0.05) is 10.2 Å². The molecule has 0 fully saturated rings. The Kier molecular flexibility index (Phi) is 6.03. The molecule has 10 heteroatoms. The summed E-state index contributed by atoms with van der Waals surface area (Å²) >= 11 is 4.89. The predicted molar refractivity (Wildman–Crippen MR) is 104 cm³/mol. The van der Waals surface area contributed by atoms with Gasteiger partial charge in [-0.15, -0.1) is 0 Å². The molecule has 0 saturated heterocycles. The van der Waals surface area contributed by atoms with Crippen LogP contribution >= 0.6 is 27.7 Å². The summed E-state index contributed by atoms with van der Waals surface area (Å²) in [5.41, 5.74) is 1.02. The van der Waals surface area contributed by atoms with Crippen molar-refractivity contribution >= 4 is 33.3 Å². The quantitative estimate of drug-likeness (QED) is 0.552. The molecule has 0 atom stereocenters. The number of aromatic amines is 1. The van der Waals surface area contributed by atoms with Crippen molar-refractivity contribution in [2.45, 2.75) is 24.8 Å². The Hall–Kier alpha value is -2.51. The number of benzene rings is 1. The van der Waals surface area contributed by atoms with Crippen molar-refractivity contribution < 1.29 is 9.47 Å². The lowest BCUT2D eigenvalue weighted by atomic mass is 10.2. The van der Waals surface area contributed by atoms with Crippen molar-refractivity contribution in [2.24, 2.45) is 0 Å². The number of nitrogens with one attached hydrogen (secondary N) is 1. The molecular weight excluding hydrogens is 434 g/mol. The first-order valence-corrected chi connectivity index (χ1v) is 9.94. The minimum atomic E-state index is -0.440. The molecule has 0 aliphatic heterocycles. The Morgan fingerprint density at radius 3 is 2.67 bits per heavy atom. The lowest BCUT2D eigenvalue weighted by molar-refractivity contribution is 0.287. The highest BCUT2D eigenvalue weighted by Gasteiger charge is 2.13. The normalized spacial score (nSPS) is 10.7. The van der Waals surface area contributed by atoms with E-state index in [0.717, 1.165) is 14.6 Å². The van der Waals surface area contributed by atoms with Crippen LogP contribution in [0.3, 0.4) is 0 Å². The molecule has 8 nitrogen and oxygen atoms in total. The summed E-state index contributed by atoms with van der Waals surface area (Å²) in [6.07, 6.45) is 1.32. The first-order valence-electron chi connectivity index (χ1n) is 8.16. The predicted octanol–water partition coefficient (Wildman–Crippen LogP) is 3.14. The van der Waals surface area contributed by atoms with E-state index in [1.165, 1.54) is 18.0 Å². The molecule has 0 bridgehead atoms. The van der Waals surface area contributed by atoms with Gasteiger partial charge in [0.1, 0.15) is 11.6 Å². The van der Waals surface area contributed by atoms with Gasteiger partial charge >= 0.3 is 5.69 Å². The smallest absolute Gasteiger partial charge is 0.350 e. The lowest BCUT2D eigenvalue weighted by Crippen LogP contribution is -2.19. The van der Waals surface area contributed by atoms with Crippen molar-refractivity contribution in [1.82, 2.24) is 19.6 Å². The Bertz CT molecular complexity index is 1070. The van der Waals surface area contributed by atoms with E-state index < -0.39 is 5.69 Å². The summed E-state index contributed by atoms with van der Waals surface area (Å²) in [5.74, 6) is 1.87. The SMILES string of the molecule is CCOc1cc(Br)c(CSc2nc3c(C#N)cnn3c(=O)[nH]2)cc1OCC. The Balaban J connectivity index is 1.88. The summed E-state index contributed by atoms with van der Waals surface area (Å²) in [5, 5.41) is 13.4. The monoisotopic (exact) mass is 449 g/mol. The molecule has 2 aromatic heterocycles. The second-order valence-corrected chi connectivity index (χ2v) is 7.12. The molecule has 0 unspecified atom stereocenters. The van der Waals surface area contributed by atoms with E-state index in [4.69, 9.17) is 14.7 Å². The maximum absolute atomic E-state index is 12.1. The number of hydrogen-bond donors (Lipinski definition) is 1. The zero-order chi connectivity index (χ0) is 19.4. The first-order chi connectivity index (χ1) is 13.1. The molecule has 1 aromatic carbocycles. The van der Waals surface area contributed by atoms with Crippen LogP contribution < -0.4 is 15.2 Å². The summed E-state index contributed by atoms with van der Waals surface area (Å²) in [7, 11) is 0. The van der Waals surface area contributed by atoms with E-state index in [1.807, 2.05) is 32.0 Å². The molecule has 0 saturated carbocycles. The third-order valence-corrected chi connectivity index (χ3v) is 5.22. The highest BCUT2D eigenvalue weighted by molar-refractivity contribution is 9.10. The third kappa shape index (κ3) is 4.09. The minimum absolute atomic E-state index is 0.240. The average Bonchev–Trinajstić information content (AvgIpc) is 3.07. The molecule has 0 aliphatic rings. The minimum Gasteiger partial charge on any atom is -0.490 e. The van der Waals surface area contributed by atoms with Crippen molar-refractivity contribution in [1.29, 1.82) is 5.26 Å². The number of thioether (sulfide) groups is 1. The third-order valence-electron chi connectivity index (χ3n) is 3.55. The van der Waals surface area contributed by atoms with E-state index in [-0.39, 0.29) is 11.2 Å². The Labute approximate surface area is 167 Å². The number of rotatable bonds is 7. The van der Waals surface area contributed by atoms with Gasteiger partial charge in [-0.25, -0.2) is 9.78 Å². The van der Waals surface area contributed by atoms with E-state index in [9.17, 15) is 4.79 Å². The maximum Gasteiger partial charge on any atom is 0.350 e. The van der Waals surface area contributed by atoms with Crippen LogP contribution in [0, 0.1) is 11.3 Å². The van der Waals surface area contributed by atoms with Crippen LogP contribution in [0.25, 0.3) is 5.65 Å². The molecule has 0 radical (unpaired) electrons. The fourth-order valence-corrected chi connectivity index (χ4v) is 3.87. The van der Waals surface area contributed by atoms with Gasteiger partial charge in [0.15, 0.2) is 22.3 Å². The van der Waals surface area contributed by atoms with E-state index >= 15 is 0 Å². The van der Waals surface area contributed by atoms with Gasteiger partial charge in [-0.2, -0.15) is 14.9 Å². The zero-order valence-corrected chi connectivity index (χ0v) is 17.1. The summed E-state index contributed by atoms with van der Waals surface area (Å²) < 4.78 is 13.2. The van der Waals surface area contributed by atoms with Crippen LogP contribution in [0.4, 0.5) is 0 Å².